The molecule has 0 saturated carbocycles. The molecule has 2 nitrogen and oxygen atoms in total. The van der Waals surface area contributed by atoms with Gasteiger partial charge in [0.05, 0.1) is 6.61 Å². The zero-order valence-electron chi connectivity index (χ0n) is 10.3. The van der Waals surface area contributed by atoms with Crippen LogP contribution in [0, 0.1) is 11.8 Å². The topological polar surface area (TPSA) is 21.3 Å². The summed E-state index contributed by atoms with van der Waals surface area (Å²) in [5.41, 5.74) is 0. The molecule has 0 spiro atoms. The molecule has 0 aromatic heterocycles. The van der Waals surface area contributed by atoms with Crippen LogP contribution in [0.1, 0.15) is 40.5 Å². The van der Waals surface area contributed by atoms with Crippen molar-refractivity contribution in [1.82, 2.24) is 5.32 Å². The molecule has 0 aliphatic rings. The fraction of sp³-hybridized carbons (Fsp3) is 1.00. The van der Waals surface area contributed by atoms with E-state index in [0.29, 0.717) is 5.92 Å². The lowest BCUT2D eigenvalue weighted by atomic mass is 9.98. The van der Waals surface area contributed by atoms with Crippen molar-refractivity contribution in [1.29, 1.82) is 0 Å². The lowest BCUT2D eigenvalue weighted by Crippen LogP contribution is -2.27. The second-order valence-electron chi connectivity index (χ2n) is 4.36. The quantitative estimate of drug-likeness (QED) is 0.579. The van der Waals surface area contributed by atoms with E-state index in [1.54, 1.807) is 0 Å². The third kappa shape index (κ3) is 8.52. The van der Waals surface area contributed by atoms with Gasteiger partial charge in [-0.1, -0.05) is 20.8 Å². The minimum Gasteiger partial charge on any atom is -0.381 e. The molecule has 2 heteroatoms. The molecular weight excluding hydrogens is 174 g/mol. The molecule has 0 amide bonds. The predicted octanol–water partition coefficient (Wildman–Crippen LogP) is 2.68. The first kappa shape index (κ1) is 13.9. The van der Waals surface area contributed by atoms with Gasteiger partial charge in [-0.15, -0.1) is 0 Å². The first-order chi connectivity index (χ1) is 6.70. The van der Waals surface area contributed by atoms with Crippen LogP contribution in [0.25, 0.3) is 0 Å². The van der Waals surface area contributed by atoms with Gasteiger partial charge < -0.3 is 10.1 Å². The van der Waals surface area contributed by atoms with Crippen molar-refractivity contribution in [2.75, 3.05) is 26.3 Å². The van der Waals surface area contributed by atoms with Gasteiger partial charge in [0, 0.05) is 13.2 Å². The third-order valence-electron chi connectivity index (χ3n) is 2.22. The number of ether oxygens (including phenoxy) is 1. The van der Waals surface area contributed by atoms with Gasteiger partial charge >= 0.3 is 0 Å². The molecule has 0 aliphatic carbocycles. The molecule has 0 aromatic rings. The Morgan fingerprint density at radius 1 is 1.21 bits per heavy atom. The summed E-state index contributed by atoms with van der Waals surface area (Å²) < 4.78 is 5.49. The average Bonchev–Trinajstić information content (AvgIpc) is 2.13. The Kier molecular flexibility index (Phi) is 9.42. The van der Waals surface area contributed by atoms with E-state index in [-0.39, 0.29) is 0 Å². The van der Waals surface area contributed by atoms with Crippen LogP contribution < -0.4 is 5.32 Å². The van der Waals surface area contributed by atoms with E-state index in [1.165, 1.54) is 12.8 Å². The molecule has 0 fully saturated rings. The molecular formula is C12H27NO. The molecule has 0 heterocycles. The van der Waals surface area contributed by atoms with Crippen LogP contribution in [-0.4, -0.2) is 26.3 Å². The van der Waals surface area contributed by atoms with Crippen LogP contribution in [0.5, 0.6) is 0 Å². The van der Waals surface area contributed by atoms with Gasteiger partial charge in [0.1, 0.15) is 0 Å². The highest BCUT2D eigenvalue weighted by atomic mass is 16.5. The van der Waals surface area contributed by atoms with E-state index in [4.69, 9.17) is 4.74 Å². The van der Waals surface area contributed by atoms with Crippen molar-refractivity contribution < 1.29 is 4.74 Å². The number of hydrogen-bond acceptors (Lipinski definition) is 2. The van der Waals surface area contributed by atoms with E-state index >= 15 is 0 Å². The first-order valence-electron chi connectivity index (χ1n) is 5.99. The summed E-state index contributed by atoms with van der Waals surface area (Å²) in [6, 6.07) is 0. The van der Waals surface area contributed by atoms with Crippen LogP contribution in [0.3, 0.4) is 0 Å². The minimum absolute atomic E-state index is 0.682. The van der Waals surface area contributed by atoms with Gasteiger partial charge in [0.15, 0.2) is 0 Å². The zero-order valence-corrected chi connectivity index (χ0v) is 10.3. The van der Waals surface area contributed by atoms with E-state index in [9.17, 15) is 0 Å². The monoisotopic (exact) mass is 201 g/mol. The van der Waals surface area contributed by atoms with Crippen molar-refractivity contribution in [3.8, 4) is 0 Å². The van der Waals surface area contributed by atoms with E-state index < -0.39 is 0 Å². The molecule has 86 valence electrons. The Labute approximate surface area is 89.4 Å². The summed E-state index contributed by atoms with van der Waals surface area (Å²) in [4.78, 5) is 0. The van der Waals surface area contributed by atoms with Crippen molar-refractivity contribution in [3.05, 3.63) is 0 Å². The largest absolute Gasteiger partial charge is 0.381 e. The lowest BCUT2D eigenvalue weighted by molar-refractivity contribution is 0.101. The molecule has 0 radical (unpaired) electrons. The number of nitrogens with one attached hydrogen (secondary N) is 1. The Bertz CT molecular complexity index is 115. The molecule has 1 N–H and O–H groups in total. The lowest BCUT2D eigenvalue weighted by Gasteiger charge is -2.19. The van der Waals surface area contributed by atoms with Crippen LogP contribution in [0.15, 0.2) is 0 Å². The normalized spacial score (nSPS) is 13.5. The average molecular weight is 201 g/mol. The van der Waals surface area contributed by atoms with Crippen LogP contribution in [0.2, 0.25) is 0 Å². The highest BCUT2D eigenvalue weighted by molar-refractivity contribution is 4.63. The Morgan fingerprint density at radius 2 is 1.93 bits per heavy atom. The van der Waals surface area contributed by atoms with Crippen molar-refractivity contribution >= 4 is 0 Å². The maximum Gasteiger partial charge on any atom is 0.0506 e. The maximum atomic E-state index is 5.49. The second kappa shape index (κ2) is 9.47. The van der Waals surface area contributed by atoms with Gasteiger partial charge in [-0.05, 0) is 38.1 Å². The molecule has 0 rings (SSSR count). The fourth-order valence-corrected chi connectivity index (χ4v) is 1.64. The molecule has 14 heavy (non-hydrogen) atoms. The highest BCUT2D eigenvalue weighted by Crippen LogP contribution is 2.11. The number of rotatable bonds is 9. The smallest absolute Gasteiger partial charge is 0.0506 e. The first-order valence-corrected chi connectivity index (χ1v) is 5.99. The summed E-state index contributed by atoms with van der Waals surface area (Å²) in [7, 11) is 0. The second-order valence-corrected chi connectivity index (χ2v) is 4.36. The van der Waals surface area contributed by atoms with Crippen LogP contribution in [-0.2, 0) is 4.74 Å². The fourth-order valence-electron chi connectivity index (χ4n) is 1.64. The van der Waals surface area contributed by atoms with Gasteiger partial charge in [0.25, 0.3) is 0 Å². The van der Waals surface area contributed by atoms with Gasteiger partial charge in [-0.25, -0.2) is 0 Å². The van der Waals surface area contributed by atoms with Crippen LogP contribution >= 0.6 is 0 Å². The standard InChI is InChI=1S/C12H27NO/c1-5-7-13-9-12(8-11(3)4)10-14-6-2/h11-13H,5-10H2,1-4H3. The predicted molar refractivity (Wildman–Crippen MR) is 62.6 cm³/mol. The number of hydrogen-bond donors (Lipinski definition) is 1. The van der Waals surface area contributed by atoms with Gasteiger partial charge in [-0.3, -0.25) is 0 Å². The Balaban J connectivity index is 3.61. The van der Waals surface area contributed by atoms with E-state index in [0.717, 1.165) is 32.2 Å². The van der Waals surface area contributed by atoms with Crippen LogP contribution in [0.4, 0.5) is 0 Å². The minimum atomic E-state index is 0.682. The summed E-state index contributed by atoms with van der Waals surface area (Å²) >= 11 is 0. The zero-order chi connectivity index (χ0) is 10.8. The summed E-state index contributed by atoms with van der Waals surface area (Å²) in [5, 5.41) is 3.47. The Morgan fingerprint density at radius 3 is 2.43 bits per heavy atom. The maximum absolute atomic E-state index is 5.49. The van der Waals surface area contributed by atoms with Crippen molar-refractivity contribution in [2.45, 2.75) is 40.5 Å². The molecule has 0 saturated heterocycles. The van der Waals surface area contributed by atoms with Crippen molar-refractivity contribution in [3.63, 3.8) is 0 Å². The molecule has 1 unspecified atom stereocenters. The summed E-state index contributed by atoms with van der Waals surface area (Å²) in [6.45, 7) is 12.8. The highest BCUT2D eigenvalue weighted by Gasteiger charge is 2.10. The molecule has 1 atom stereocenters. The van der Waals surface area contributed by atoms with Gasteiger partial charge in [-0.2, -0.15) is 0 Å². The molecule has 0 bridgehead atoms. The van der Waals surface area contributed by atoms with E-state index in [2.05, 4.69) is 33.0 Å². The summed E-state index contributed by atoms with van der Waals surface area (Å²) in [5.74, 6) is 1.45. The SMILES string of the molecule is CCCNCC(COCC)CC(C)C. The van der Waals surface area contributed by atoms with E-state index in [1.807, 2.05) is 0 Å². The summed E-state index contributed by atoms with van der Waals surface area (Å²) in [6.07, 6.45) is 2.47. The Hall–Kier alpha value is -0.0800. The van der Waals surface area contributed by atoms with Gasteiger partial charge in [0.2, 0.25) is 0 Å². The van der Waals surface area contributed by atoms with Crippen molar-refractivity contribution in [2.24, 2.45) is 11.8 Å². The molecule has 0 aliphatic heterocycles. The molecule has 0 aromatic carbocycles. The third-order valence-corrected chi connectivity index (χ3v) is 2.22.